The van der Waals surface area contributed by atoms with E-state index in [0.717, 1.165) is 10.7 Å². The summed E-state index contributed by atoms with van der Waals surface area (Å²) in [6, 6.07) is 8.44. The number of esters is 1. The van der Waals surface area contributed by atoms with Crippen LogP contribution in [-0.4, -0.2) is 34.2 Å². The highest BCUT2D eigenvalue weighted by Crippen LogP contribution is 2.22. The lowest BCUT2D eigenvalue weighted by atomic mass is 10.2. The van der Waals surface area contributed by atoms with Crippen LogP contribution in [0.15, 0.2) is 41.7 Å². The molecule has 0 spiro atoms. The maximum absolute atomic E-state index is 12.3. The smallest absolute Gasteiger partial charge is 0.337 e. The number of aryl methyl sites for hydroxylation is 1. The Hall–Kier alpha value is -2.41. The van der Waals surface area contributed by atoms with Gasteiger partial charge in [-0.15, -0.1) is 0 Å². The molecule has 1 aromatic heterocycles. The fraction of sp³-hybridized carbons (Fsp3) is 0.250. The van der Waals surface area contributed by atoms with Crippen molar-refractivity contribution in [3.8, 4) is 0 Å². The summed E-state index contributed by atoms with van der Waals surface area (Å²) in [4.78, 5) is 31.9. The molecule has 0 radical (unpaired) electrons. The van der Waals surface area contributed by atoms with Gasteiger partial charge in [0.2, 0.25) is 5.91 Å². The van der Waals surface area contributed by atoms with E-state index in [1.807, 2.05) is 13.0 Å². The van der Waals surface area contributed by atoms with Crippen molar-refractivity contribution in [2.75, 3.05) is 12.4 Å². The first-order valence-corrected chi connectivity index (χ1v) is 7.82. The SMILES string of the molecule is COC(=O)c1cccc(NC(=O)[C@@H](C)Sc2cc(C)ncn2)c1. The van der Waals surface area contributed by atoms with E-state index in [2.05, 4.69) is 20.0 Å². The summed E-state index contributed by atoms with van der Waals surface area (Å²) in [5, 5.41) is 3.18. The molecule has 1 amide bonds. The Labute approximate surface area is 138 Å². The molecule has 2 rings (SSSR count). The van der Waals surface area contributed by atoms with E-state index in [1.165, 1.54) is 25.2 Å². The number of hydrogen-bond donors (Lipinski definition) is 1. The highest BCUT2D eigenvalue weighted by atomic mass is 32.2. The van der Waals surface area contributed by atoms with E-state index in [9.17, 15) is 9.59 Å². The number of carbonyl (C=O) groups is 2. The fourth-order valence-corrected chi connectivity index (χ4v) is 2.69. The van der Waals surface area contributed by atoms with E-state index < -0.39 is 5.97 Å². The minimum Gasteiger partial charge on any atom is -0.465 e. The van der Waals surface area contributed by atoms with Gasteiger partial charge >= 0.3 is 5.97 Å². The number of aromatic nitrogens is 2. The van der Waals surface area contributed by atoms with Gasteiger partial charge in [0.15, 0.2) is 0 Å². The first-order chi connectivity index (χ1) is 11.0. The van der Waals surface area contributed by atoms with E-state index in [4.69, 9.17) is 0 Å². The molecule has 0 unspecified atom stereocenters. The molecule has 2 aromatic rings. The number of hydrogen-bond acceptors (Lipinski definition) is 6. The van der Waals surface area contributed by atoms with Crippen LogP contribution in [0.3, 0.4) is 0 Å². The summed E-state index contributed by atoms with van der Waals surface area (Å²) in [7, 11) is 1.32. The summed E-state index contributed by atoms with van der Waals surface area (Å²) in [6.45, 7) is 3.66. The minimum atomic E-state index is -0.444. The van der Waals surface area contributed by atoms with Gasteiger partial charge in [-0.05, 0) is 38.1 Å². The lowest BCUT2D eigenvalue weighted by molar-refractivity contribution is -0.115. The number of anilines is 1. The van der Waals surface area contributed by atoms with Gasteiger partial charge in [0.05, 0.1) is 17.9 Å². The Morgan fingerprint density at radius 1 is 1.26 bits per heavy atom. The van der Waals surface area contributed by atoms with E-state index >= 15 is 0 Å². The molecule has 0 aliphatic carbocycles. The van der Waals surface area contributed by atoms with Crippen LogP contribution >= 0.6 is 11.8 Å². The molecule has 6 nitrogen and oxygen atoms in total. The van der Waals surface area contributed by atoms with Crippen molar-refractivity contribution >= 4 is 29.3 Å². The van der Waals surface area contributed by atoms with Crippen LogP contribution in [-0.2, 0) is 9.53 Å². The largest absolute Gasteiger partial charge is 0.465 e. The summed E-state index contributed by atoms with van der Waals surface area (Å²) >= 11 is 1.35. The van der Waals surface area contributed by atoms with Crippen LogP contribution in [0.2, 0.25) is 0 Å². The molecular weight excluding hydrogens is 314 g/mol. The average Bonchev–Trinajstić information content (AvgIpc) is 2.54. The average molecular weight is 331 g/mol. The summed E-state index contributed by atoms with van der Waals surface area (Å²) < 4.78 is 4.66. The van der Waals surface area contributed by atoms with Gasteiger partial charge in [-0.2, -0.15) is 0 Å². The Bertz CT molecular complexity index is 721. The maximum Gasteiger partial charge on any atom is 0.337 e. The Morgan fingerprint density at radius 2 is 2.04 bits per heavy atom. The number of ether oxygens (including phenoxy) is 1. The maximum atomic E-state index is 12.3. The zero-order valence-electron chi connectivity index (χ0n) is 13.1. The molecule has 1 N–H and O–H groups in total. The fourth-order valence-electron chi connectivity index (χ4n) is 1.81. The quantitative estimate of drug-likeness (QED) is 0.515. The number of amides is 1. The first-order valence-electron chi connectivity index (χ1n) is 6.94. The minimum absolute atomic E-state index is 0.173. The molecular formula is C16H17N3O3S. The van der Waals surface area contributed by atoms with Crippen molar-refractivity contribution in [2.45, 2.75) is 24.1 Å². The zero-order valence-corrected chi connectivity index (χ0v) is 13.9. The van der Waals surface area contributed by atoms with Crippen molar-refractivity contribution in [1.29, 1.82) is 0 Å². The molecule has 0 saturated heterocycles. The number of rotatable bonds is 5. The Balaban J connectivity index is 2.02. The van der Waals surface area contributed by atoms with Crippen LogP contribution in [0.1, 0.15) is 23.0 Å². The number of carbonyl (C=O) groups excluding carboxylic acids is 2. The molecule has 1 aromatic carbocycles. The van der Waals surface area contributed by atoms with Crippen molar-refractivity contribution in [3.63, 3.8) is 0 Å². The standard InChI is InChI=1S/C16H17N3O3S/c1-10-7-14(18-9-17-10)23-11(2)15(20)19-13-6-4-5-12(8-13)16(21)22-3/h4-9,11H,1-3H3,(H,19,20)/t11-/m1/s1. The molecule has 1 atom stereocenters. The molecule has 0 fully saturated rings. The van der Waals surface area contributed by atoms with Gasteiger partial charge in [0, 0.05) is 11.4 Å². The lowest BCUT2D eigenvalue weighted by Gasteiger charge is -2.12. The van der Waals surface area contributed by atoms with Gasteiger partial charge in [-0.1, -0.05) is 17.8 Å². The third-order valence-corrected chi connectivity index (χ3v) is 4.03. The third-order valence-electron chi connectivity index (χ3n) is 3.00. The predicted octanol–water partition coefficient (Wildman–Crippen LogP) is 2.69. The Morgan fingerprint density at radius 3 is 2.74 bits per heavy atom. The second-order valence-electron chi connectivity index (χ2n) is 4.82. The van der Waals surface area contributed by atoms with Crippen molar-refractivity contribution in [3.05, 3.63) is 47.9 Å². The number of nitrogens with one attached hydrogen (secondary N) is 1. The summed E-state index contributed by atoms with van der Waals surface area (Å²) in [5.41, 5.74) is 1.78. The second-order valence-corrected chi connectivity index (χ2v) is 6.18. The molecule has 0 aliphatic rings. The summed E-state index contributed by atoms with van der Waals surface area (Å²) in [6.07, 6.45) is 1.47. The number of nitrogens with zero attached hydrogens (tertiary/aromatic N) is 2. The van der Waals surface area contributed by atoms with E-state index in [-0.39, 0.29) is 11.2 Å². The van der Waals surface area contributed by atoms with Crippen LogP contribution < -0.4 is 5.32 Å². The monoisotopic (exact) mass is 331 g/mol. The number of benzene rings is 1. The van der Waals surface area contributed by atoms with Gasteiger partial charge < -0.3 is 10.1 Å². The van der Waals surface area contributed by atoms with Crippen molar-refractivity contribution in [1.82, 2.24) is 9.97 Å². The predicted molar refractivity (Wildman–Crippen MR) is 88.5 cm³/mol. The van der Waals surface area contributed by atoms with Crippen molar-refractivity contribution in [2.24, 2.45) is 0 Å². The normalized spacial score (nSPS) is 11.6. The van der Waals surface area contributed by atoms with Crippen LogP contribution in [0.5, 0.6) is 0 Å². The first kappa shape index (κ1) is 17.0. The number of thioether (sulfide) groups is 1. The highest BCUT2D eigenvalue weighted by Gasteiger charge is 2.16. The van der Waals surface area contributed by atoms with Gasteiger partial charge in [-0.25, -0.2) is 14.8 Å². The second kappa shape index (κ2) is 7.73. The van der Waals surface area contributed by atoms with Gasteiger partial charge in [0.25, 0.3) is 0 Å². The van der Waals surface area contributed by atoms with E-state index in [1.54, 1.807) is 31.2 Å². The molecule has 0 aliphatic heterocycles. The molecule has 0 saturated carbocycles. The Kier molecular flexibility index (Phi) is 5.70. The molecule has 120 valence electrons. The topological polar surface area (TPSA) is 81.2 Å². The molecule has 23 heavy (non-hydrogen) atoms. The number of methoxy groups -OCH3 is 1. The van der Waals surface area contributed by atoms with Gasteiger partial charge in [0.1, 0.15) is 11.4 Å². The third kappa shape index (κ3) is 4.79. The molecule has 1 heterocycles. The van der Waals surface area contributed by atoms with Crippen LogP contribution in [0, 0.1) is 6.92 Å². The zero-order chi connectivity index (χ0) is 16.8. The van der Waals surface area contributed by atoms with Crippen molar-refractivity contribution < 1.29 is 14.3 Å². The summed E-state index contributed by atoms with van der Waals surface area (Å²) in [5.74, 6) is -0.617. The molecule has 7 heteroatoms. The highest BCUT2D eigenvalue weighted by molar-refractivity contribution is 8.00. The molecule has 0 bridgehead atoms. The van der Waals surface area contributed by atoms with Crippen LogP contribution in [0.25, 0.3) is 0 Å². The van der Waals surface area contributed by atoms with E-state index in [0.29, 0.717) is 11.3 Å². The lowest BCUT2D eigenvalue weighted by Crippen LogP contribution is -2.22. The van der Waals surface area contributed by atoms with Gasteiger partial charge in [-0.3, -0.25) is 4.79 Å². The van der Waals surface area contributed by atoms with Crippen LogP contribution in [0.4, 0.5) is 5.69 Å².